The molecule has 0 radical (unpaired) electrons. The summed E-state index contributed by atoms with van der Waals surface area (Å²) >= 11 is 0. The smallest absolute Gasteiger partial charge is 1.00 e. The molecule has 0 spiro atoms. The van der Waals surface area contributed by atoms with Crippen molar-refractivity contribution in [1.82, 2.24) is 0 Å². The molecule has 1 fully saturated rings. The zero-order chi connectivity index (χ0) is 21.7. The zero-order valence-electron chi connectivity index (χ0n) is 21.2. The van der Waals surface area contributed by atoms with Crippen molar-refractivity contribution in [2.45, 2.75) is 84.5 Å². The predicted octanol–water partition coefficient (Wildman–Crippen LogP) is 3.32. The van der Waals surface area contributed by atoms with Crippen molar-refractivity contribution in [1.29, 1.82) is 0 Å². The Bertz CT molecular complexity index is 781. The Kier molecular flexibility index (Phi) is 20.2. The van der Waals surface area contributed by atoms with E-state index in [0.717, 1.165) is 5.92 Å². The topological polar surface area (TPSA) is 0 Å². The Hall–Kier alpha value is 0.0601. The van der Waals surface area contributed by atoms with Gasteiger partial charge in [-0.05, 0) is 37.5 Å². The van der Waals surface area contributed by atoms with Gasteiger partial charge in [-0.1, -0.05) is 72.8 Å². The van der Waals surface area contributed by atoms with Crippen molar-refractivity contribution in [2.24, 2.45) is 5.92 Å². The van der Waals surface area contributed by atoms with Crippen LogP contribution in [-0.2, 0) is 25.8 Å². The largest absolute Gasteiger partial charge is 4.00 e. The molecule has 186 valence electrons. The molecule has 2 aromatic rings. The third-order valence-electron chi connectivity index (χ3n) is 6.74. The van der Waals surface area contributed by atoms with Gasteiger partial charge in [0.25, 0.3) is 0 Å². The summed E-state index contributed by atoms with van der Waals surface area (Å²) in [5, 5.41) is 4.53. The molecule has 0 N–H and O–H groups in total. The zero-order valence-corrected chi connectivity index (χ0v) is 27.2. The summed E-state index contributed by atoms with van der Waals surface area (Å²) in [7, 11) is 0.0642. The second-order valence-electron chi connectivity index (χ2n) is 9.26. The van der Waals surface area contributed by atoms with Gasteiger partial charge in [0, 0.05) is 0 Å². The fourth-order valence-electron chi connectivity index (χ4n) is 4.81. The van der Waals surface area contributed by atoms with Gasteiger partial charge in [-0.25, -0.2) is 18.1 Å². The fourth-order valence-corrected chi connectivity index (χ4v) is 7.40. The first-order valence-corrected chi connectivity index (χ1v) is 14.6. The third-order valence-corrected chi connectivity index (χ3v) is 9.44. The summed E-state index contributed by atoms with van der Waals surface area (Å²) in [5.74, 6) is 0.884. The molecule has 2 aliphatic rings. The summed E-state index contributed by atoms with van der Waals surface area (Å²) in [4.78, 5) is 0. The number of allylic oxidation sites excluding steroid dienone is 4. The average molecular weight is 684 g/mol. The minimum atomic E-state index is 0. The van der Waals surface area contributed by atoms with Crippen LogP contribution >= 0.6 is 7.92 Å². The van der Waals surface area contributed by atoms with Crippen LogP contribution in [-0.4, -0.2) is 12.3 Å². The van der Waals surface area contributed by atoms with E-state index in [2.05, 4.69) is 74.9 Å². The van der Waals surface area contributed by atoms with Crippen LogP contribution in [0, 0.1) is 12.3 Å². The standard InChI is InChI=1S/C21H32P.C9H11.2ClH.Hf/c1-3-5-7-11-15-22(16-12-8-6-4-2)21-17-19-13-9-10-14-20(19)18-21;1-2-5-9-7-3-6-8(9)4-1;;;/h9-10,13-14,17-18H,3-8,11-12,15-16H2,1-2H3;1-2,4,6,9H,3,5,7H2;2*1H;/q2*-1;;;+4/p-2. The Morgan fingerprint density at radius 1 is 0.912 bits per heavy atom. The minimum absolute atomic E-state index is 0. The maximum Gasteiger partial charge on any atom is 4.00 e. The molecule has 0 bridgehead atoms. The second-order valence-corrected chi connectivity index (χ2v) is 11.8. The van der Waals surface area contributed by atoms with Crippen LogP contribution in [0.4, 0.5) is 0 Å². The van der Waals surface area contributed by atoms with E-state index < -0.39 is 0 Å². The van der Waals surface area contributed by atoms with Crippen LogP contribution < -0.4 is 30.1 Å². The van der Waals surface area contributed by atoms with E-state index in [1.54, 1.807) is 10.9 Å². The van der Waals surface area contributed by atoms with Gasteiger partial charge in [-0.15, -0.1) is 58.9 Å². The van der Waals surface area contributed by atoms with Gasteiger partial charge >= 0.3 is 25.8 Å². The number of hydrogen-bond donors (Lipinski definition) is 0. The van der Waals surface area contributed by atoms with Crippen LogP contribution in [0.3, 0.4) is 0 Å². The number of benzene rings is 1. The number of hydrogen-bond acceptors (Lipinski definition) is 0. The third kappa shape index (κ3) is 11.4. The first kappa shape index (κ1) is 34.1. The van der Waals surface area contributed by atoms with Crippen molar-refractivity contribution < 1.29 is 50.7 Å². The molecule has 0 amide bonds. The molecule has 0 saturated heterocycles. The van der Waals surface area contributed by atoms with Gasteiger partial charge in [0.05, 0.1) is 0 Å². The van der Waals surface area contributed by atoms with E-state index >= 15 is 0 Å². The molecule has 4 heteroatoms. The van der Waals surface area contributed by atoms with E-state index in [0.29, 0.717) is 0 Å². The van der Waals surface area contributed by atoms with Crippen molar-refractivity contribution in [3.63, 3.8) is 0 Å². The molecule has 1 unspecified atom stereocenters. The number of fused-ring (bicyclic) bond motifs is 2. The van der Waals surface area contributed by atoms with Crippen LogP contribution in [0.2, 0.25) is 0 Å². The van der Waals surface area contributed by atoms with Gasteiger partial charge in [-0.3, -0.25) is 0 Å². The second kappa shape index (κ2) is 20.2. The number of unbranched alkanes of at least 4 members (excludes halogenated alkanes) is 6. The van der Waals surface area contributed by atoms with Gasteiger partial charge in [-0.2, -0.15) is 6.07 Å². The Labute approximate surface area is 242 Å². The maximum absolute atomic E-state index is 2.47. The Balaban J connectivity index is 0.000000764. The molecule has 0 nitrogen and oxygen atoms in total. The Morgan fingerprint density at radius 3 is 2.21 bits per heavy atom. The molecule has 0 aliphatic heterocycles. The molecule has 2 aromatic carbocycles. The van der Waals surface area contributed by atoms with Gasteiger partial charge in [0.15, 0.2) is 0 Å². The summed E-state index contributed by atoms with van der Waals surface area (Å²) in [6, 6.07) is 13.8. The van der Waals surface area contributed by atoms with Crippen molar-refractivity contribution in [3.8, 4) is 0 Å². The SMILES string of the molecule is C1=CCC2CC[CH-]C2=C1.CCCCCCP(CCCCCC)c1cc2ccccc2[cH-]1.[Cl-].[Cl-].[Hf+4]. The molecule has 1 atom stereocenters. The maximum atomic E-state index is 2.47. The normalized spacial score (nSPS) is 15.7. The van der Waals surface area contributed by atoms with Crippen LogP contribution in [0.25, 0.3) is 10.8 Å². The van der Waals surface area contributed by atoms with Gasteiger partial charge in [0.2, 0.25) is 0 Å². The summed E-state index contributed by atoms with van der Waals surface area (Å²) in [6.45, 7) is 4.61. The molecule has 1 saturated carbocycles. The molecule has 34 heavy (non-hydrogen) atoms. The van der Waals surface area contributed by atoms with Crippen LogP contribution in [0.1, 0.15) is 84.5 Å². The quantitative estimate of drug-likeness (QED) is 0.148. The molecular weight excluding hydrogens is 641 g/mol. The molecular formula is C30H43Cl2HfP. The summed E-state index contributed by atoms with van der Waals surface area (Å²) in [5.41, 5.74) is 1.58. The van der Waals surface area contributed by atoms with Gasteiger partial charge < -0.3 is 24.8 Å². The number of rotatable bonds is 11. The summed E-state index contributed by atoms with van der Waals surface area (Å²) < 4.78 is 0. The van der Waals surface area contributed by atoms with E-state index in [9.17, 15) is 0 Å². The Morgan fingerprint density at radius 2 is 1.59 bits per heavy atom. The van der Waals surface area contributed by atoms with E-state index in [-0.39, 0.29) is 58.6 Å². The fraction of sp³-hybridized carbons (Fsp3) is 0.533. The monoisotopic (exact) mass is 684 g/mol. The van der Waals surface area contributed by atoms with Crippen LogP contribution in [0.15, 0.2) is 60.2 Å². The van der Waals surface area contributed by atoms with E-state index in [1.807, 2.05) is 0 Å². The minimum Gasteiger partial charge on any atom is -1.00 e. The predicted molar refractivity (Wildman–Crippen MR) is 143 cm³/mol. The van der Waals surface area contributed by atoms with Crippen molar-refractivity contribution in [2.75, 3.05) is 12.3 Å². The molecule has 2 aliphatic carbocycles. The van der Waals surface area contributed by atoms with Crippen LogP contribution in [0.5, 0.6) is 0 Å². The molecule has 0 heterocycles. The van der Waals surface area contributed by atoms with Crippen molar-refractivity contribution >= 4 is 24.0 Å². The van der Waals surface area contributed by atoms with E-state index in [1.165, 1.54) is 93.7 Å². The van der Waals surface area contributed by atoms with E-state index in [4.69, 9.17) is 0 Å². The number of halogens is 2. The molecule has 4 rings (SSSR count). The average Bonchev–Trinajstić information content (AvgIpc) is 3.45. The van der Waals surface area contributed by atoms with Gasteiger partial charge in [0.1, 0.15) is 0 Å². The molecule has 0 aromatic heterocycles. The first-order chi connectivity index (χ1) is 15.3. The van der Waals surface area contributed by atoms with Crippen molar-refractivity contribution in [3.05, 3.63) is 66.6 Å². The summed E-state index contributed by atoms with van der Waals surface area (Å²) in [6.07, 6.45) is 27.1. The first-order valence-electron chi connectivity index (χ1n) is 12.9.